The Balaban J connectivity index is 1.57. The van der Waals surface area contributed by atoms with Crippen molar-refractivity contribution in [2.24, 2.45) is 4.99 Å². The van der Waals surface area contributed by atoms with Gasteiger partial charge in [0.2, 0.25) is 8.32 Å². The molecule has 5 heteroatoms. The quantitative estimate of drug-likeness (QED) is 0.355. The Morgan fingerprint density at radius 3 is 2.00 bits per heavy atom. The molecule has 2 fully saturated rings. The predicted octanol–water partition coefficient (Wildman–Crippen LogP) is 6.86. The highest BCUT2D eigenvalue weighted by molar-refractivity contribution is 6.82. The molecule has 4 nitrogen and oxygen atoms in total. The van der Waals surface area contributed by atoms with Crippen LogP contribution in [-0.2, 0) is 4.43 Å². The molecule has 0 amide bonds. The SMILES string of the molecule is C[C@@H]1C[C@@H]2CC[C@@H]3C[C@H](CCCCO[Si](C(C)(C)C)(C(C)(C)C)C(C)(C)C)N=C(N1)N32. The molecule has 0 bridgehead atoms. The Labute approximate surface area is 194 Å². The first-order chi connectivity index (χ1) is 14.2. The lowest BCUT2D eigenvalue weighted by molar-refractivity contribution is 0.205. The van der Waals surface area contributed by atoms with Gasteiger partial charge >= 0.3 is 0 Å². The molecule has 0 aromatic carbocycles. The van der Waals surface area contributed by atoms with Crippen LogP contribution >= 0.6 is 0 Å². The van der Waals surface area contributed by atoms with E-state index in [0.29, 0.717) is 12.1 Å². The number of unbranched alkanes of at least 4 members (excludes halogenated alkanes) is 1. The number of nitrogens with zero attached hydrogens (tertiary/aromatic N) is 2. The van der Waals surface area contributed by atoms with Crippen molar-refractivity contribution in [2.45, 2.75) is 153 Å². The molecular weight excluding hydrogens is 398 g/mol. The molecule has 3 heterocycles. The van der Waals surface area contributed by atoms with Crippen LogP contribution in [0.25, 0.3) is 0 Å². The minimum Gasteiger partial charge on any atom is -0.415 e. The number of guanidine groups is 1. The zero-order valence-electron chi connectivity index (χ0n) is 22.3. The van der Waals surface area contributed by atoms with Gasteiger partial charge in [-0.25, -0.2) is 4.99 Å². The van der Waals surface area contributed by atoms with E-state index in [9.17, 15) is 0 Å². The summed E-state index contributed by atoms with van der Waals surface area (Å²) in [5.74, 6) is 1.21. The van der Waals surface area contributed by atoms with Crippen LogP contribution < -0.4 is 5.32 Å². The Kier molecular flexibility index (Phi) is 7.01. The number of rotatable bonds is 6. The first-order valence-corrected chi connectivity index (χ1v) is 14.8. The van der Waals surface area contributed by atoms with Gasteiger partial charge in [-0.1, -0.05) is 62.3 Å². The smallest absolute Gasteiger partial charge is 0.208 e. The molecule has 3 aliphatic heterocycles. The van der Waals surface area contributed by atoms with Gasteiger partial charge in [0.1, 0.15) is 0 Å². The van der Waals surface area contributed by atoms with E-state index >= 15 is 0 Å². The molecule has 0 aromatic rings. The van der Waals surface area contributed by atoms with E-state index in [2.05, 4.69) is 79.5 Å². The first-order valence-electron chi connectivity index (χ1n) is 12.9. The summed E-state index contributed by atoms with van der Waals surface area (Å²) < 4.78 is 7.04. The number of nitrogens with one attached hydrogen (secondary N) is 1. The van der Waals surface area contributed by atoms with E-state index < -0.39 is 8.32 Å². The van der Waals surface area contributed by atoms with Crippen molar-refractivity contribution >= 4 is 14.3 Å². The molecular formula is C26H51N3OSi. The average Bonchev–Trinajstić information content (AvgIpc) is 2.97. The van der Waals surface area contributed by atoms with Crippen molar-refractivity contribution in [1.29, 1.82) is 0 Å². The third-order valence-electron chi connectivity index (χ3n) is 8.13. The van der Waals surface area contributed by atoms with Crippen LogP contribution in [0.15, 0.2) is 4.99 Å². The Bertz CT molecular complexity index is 619. The second-order valence-corrected chi connectivity index (χ2v) is 19.8. The minimum atomic E-state index is -2.08. The van der Waals surface area contributed by atoms with Crippen LogP contribution in [0.2, 0.25) is 15.1 Å². The van der Waals surface area contributed by atoms with E-state index in [1.165, 1.54) is 44.5 Å². The van der Waals surface area contributed by atoms with Gasteiger partial charge in [0.15, 0.2) is 5.96 Å². The molecule has 31 heavy (non-hydrogen) atoms. The second kappa shape index (κ2) is 8.66. The lowest BCUT2D eigenvalue weighted by atomic mass is 9.98. The molecule has 0 aromatic heterocycles. The maximum absolute atomic E-state index is 7.04. The zero-order valence-corrected chi connectivity index (χ0v) is 23.3. The summed E-state index contributed by atoms with van der Waals surface area (Å²) in [6, 6.07) is 2.51. The highest BCUT2D eigenvalue weighted by Gasteiger charge is 2.61. The summed E-state index contributed by atoms with van der Waals surface area (Å²) in [5, 5.41) is 4.27. The van der Waals surface area contributed by atoms with E-state index in [0.717, 1.165) is 25.1 Å². The topological polar surface area (TPSA) is 36.9 Å². The molecule has 1 N–H and O–H groups in total. The molecule has 0 unspecified atom stereocenters. The molecule has 3 aliphatic rings. The van der Waals surface area contributed by atoms with E-state index in [4.69, 9.17) is 9.42 Å². The van der Waals surface area contributed by atoms with Gasteiger partial charge in [-0.15, -0.1) is 0 Å². The highest BCUT2D eigenvalue weighted by Crippen LogP contribution is 2.62. The largest absolute Gasteiger partial charge is 0.415 e. The number of hydrogen-bond acceptors (Lipinski definition) is 4. The van der Waals surface area contributed by atoms with Gasteiger partial charge in [0, 0.05) is 24.7 Å². The summed E-state index contributed by atoms with van der Waals surface area (Å²) in [7, 11) is -2.08. The summed E-state index contributed by atoms with van der Waals surface area (Å²) >= 11 is 0. The normalized spacial score (nSPS) is 29.5. The fraction of sp³-hybridized carbons (Fsp3) is 0.962. The molecule has 2 saturated heterocycles. The van der Waals surface area contributed by atoms with Crippen LogP contribution in [0.3, 0.4) is 0 Å². The van der Waals surface area contributed by atoms with Crippen molar-refractivity contribution < 1.29 is 4.43 Å². The summed E-state index contributed by atoms with van der Waals surface area (Å²) in [4.78, 5) is 7.78. The fourth-order valence-electron chi connectivity index (χ4n) is 8.09. The van der Waals surface area contributed by atoms with Crippen molar-refractivity contribution in [2.75, 3.05) is 6.61 Å². The van der Waals surface area contributed by atoms with Crippen LogP contribution in [0, 0.1) is 0 Å². The maximum atomic E-state index is 7.04. The third-order valence-corrected chi connectivity index (χ3v) is 15.1. The lowest BCUT2D eigenvalue weighted by Gasteiger charge is -2.58. The summed E-state index contributed by atoms with van der Waals surface area (Å²) in [6.07, 6.45) is 8.81. The van der Waals surface area contributed by atoms with Crippen LogP contribution in [0.5, 0.6) is 0 Å². The van der Waals surface area contributed by atoms with Gasteiger partial charge in [0.05, 0.1) is 6.04 Å². The number of aliphatic imine (C=N–C) groups is 1. The average molecular weight is 450 g/mol. The molecule has 0 radical (unpaired) electrons. The van der Waals surface area contributed by atoms with Crippen molar-refractivity contribution in [3.63, 3.8) is 0 Å². The Hall–Kier alpha value is -0.553. The third kappa shape index (κ3) is 4.73. The molecule has 180 valence electrons. The van der Waals surface area contributed by atoms with Crippen molar-refractivity contribution in [3.8, 4) is 0 Å². The van der Waals surface area contributed by atoms with Crippen molar-refractivity contribution in [1.82, 2.24) is 10.2 Å². The number of hydrogen-bond donors (Lipinski definition) is 1. The molecule has 0 spiro atoms. The molecule has 4 atom stereocenters. The van der Waals surface area contributed by atoms with E-state index in [-0.39, 0.29) is 15.1 Å². The predicted molar refractivity (Wildman–Crippen MR) is 136 cm³/mol. The van der Waals surface area contributed by atoms with E-state index in [1.807, 2.05) is 0 Å². The van der Waals surface area contributed by atoms with Crippen LogP contribution in [0.4, 0.5) is 0 Å². The van der Waals surface area contributed by atoms with E-state index in [1.54, 1.807) is 0 Å². The second-order valence-electron chi connectivity index (χ2n) is 13.7. The van der Waals surface area contributed by atoms with Gasteiger partial charge < -0.3 is 14.6 Å². The van der Waals surface area contributed by atoms with Gasteiger partial charge in [0.25, 0.3) is 0 Å². The van der Waals surface area contributed by atoms with Crippen molar-refractivity contribution in [3.05, 3.63) is 0 Å². The minimum absolute atomic E-state index is 0.199. The fourth-order valence-corrected chi connectivity index (χ4v) is 16.6. The first kappa shape index (κ1) is 25.1. The molecule has 0 saturated carbocycles. The highest BCUT2D eigenvalue weighted by atomic mass is 28.4. The maximum Gasteiger partial charge on any atom is 0.208 e. The summed E-state index contributed by atoms with van der Waals surface area (Å²) in [6.45, 7) is 24.9. The summed E-state index contributed by atoms with van der Waals surface area (Å²) in [5.41, 5.74) is 0. The van der Waals surface area contributed by atoms with Gasteiger partial charge in [-0.2, -0.15) is 0 Å². The van der Waals surface area contributed by atoms with Crippen LogP contribution in [-0.4, -0.2) is 50.0 Å². The Morgan fingerprint density at radius 1 is 0.903 bits per heavy atom. The van der Waals surface area contributed by atoms with Crippen LogP contribution in [0.1, 0.15) is 114 Å². The standard InChI is InChI=1S/C26H51N3OSi/c1-19-17-21-14-15-22-18-20(28-23(27-19)29(21)22)13-11-12-16-30-31(24(2,3)4,25(5,6)7)26(8,9)10/h19-22H,11-18H2,1-10H3,(H,27,28)/t19-,20+,21+,22-/m1/s1. The molecule has 3 rings (SSSR count). The lowest BCUT2D eigenvalue weighted by Crippen LogP contribution is -2.60. The van der Waals surface area contributed by atoms with Gasteiger partial charge in [-0.05, 0) is 67.0 Å². The molecule has 0 aliphatic carbocycles. The Morgan fingerprint density at radius 2 is 1.45 bits per heavy atom. The zero-order chi connectivity index (χ0) is 23.2. The van der Waals surface area contributed by atoms with Gasteiger partial charge in [-0.3, -0.25) is 0 Å². The monoisotopic (exact) mass is 449 g/mol.